The molecule has 0 aliphatic heterocycles. The normalized spacial score (nSPS) is 10.6. The number of rotatable bonds is 5. The van der Waals surface area contributed by atoms with Crippen LogP contribution < -0.4 is 0 Å². The van der Waals surface area contributed by atoms with Crippen molar-refractivity contribution in [3.05, 3.63) is 0 Å². The van der Waals surface area contributed by atoms with Gasteiger partial charge in [0.15, 0.2) is 0 Å². The number of halogens is 1. The monoisotopic (exact) mass is 193 g/mol. The van der Waals surface area contributed by atoms with Crippen LogP contribution in [0.25, 0.3) is 0 Å². The lowest BCUT2D eigenvalue weighted by Crippen LogP contribution is -2.36. The predicted molar refractivity (Wildman–Crippen MR) is 42.5 cm³/mol. The van der Waals surface area contributed by atoms with E-state index in [9.17, 15) is 9.59 Å². The topological polar surface area (TPSA) is 52.6 Å². The van der Waals surface area contributed by atoms with Crippen molar-refractivity contribution < 1.29 is 19.1 Å². The Hall–Kier alpha value is -0.770. The summed E-state index contributed by atoms with van der Waals surface area (Å²) in [7, 11) is 0. The highest BCUT2D eigenvalue weighted by molar-refractivity contribution is 6.18. The van der Waals surface area contributed by atoms with Gasteiger partial charge in [-0.15, -0.1) is 11.6 Å². The van der Waals surface area contributed by atoms with E-state index in [2.05, 4.69) is 9.47 Å². The Morgan fingerprint density at radius 3 is 2.58 bits per heavy atom. The molecule has 0 unspecified atom stereocenters. The lowest BCUT2D eigenvalue weighted by atomic mass is 10.1. The van der Waals surface area contributed by atoms with Gasteiger partial charge in [0.05, 0.1) is 5.88 Å². The number of esters is 1. The first-order valence-corrected chi connectivity index (χ1v) is 3.86. The largest absolute Gasteiger partial charge is 0.461 e. The molecule has 0 rings (SSSR count). The van der Waals surface area contributed by atoms with E-state index in [1.54, 1.807) is 0 Å². The molecular weight excluding hydrogens is 184 g/mol. The van der Waals surface area contributed by atoms with Gasteiger partial charge >= 0.3 is 12.4 Å². The van der Waals surface area contributed by atoms with Gasteiger partial charge in [0.25, 0.3) is 0 Å². The van der Waals surface area contributed by atoms with E-state index in [1.807, 2.05) is 0 Å². The van der Waals surface area contributed by atoms with Crippen LogP contribution in [0, 0.1) is 0 Å². The Balaban J connectivity index is 3.96. The molecule has 0 aliphatic carbocycles. The molecule has 0 saturated carbocycles. The summed E-state index contributed by atoms with van der Waals surface area (Å²) in [5, 5.41) is 0. The summed E-state index contributed by atoms with van der Waals surface area (Å²) in [6.07, 6.45) is 0. The molecule has 69 valence electrons. The third-order valence-electron chi connectivity index (χ3n) is 1.10. The first-order chi connectivity index (χ1) is 5.54. The van der Waals surface area contributed by atoms with Gasteiger partial charge in [-0.05, 0) is 13.8 Å². The maximum absolute atomic E-state index is 11.0. The smallest absolute Gasteiger partial charge is 0.418 e. The molecule has 12 heavy (non-hydrogen) atoms. The van der Waals surface area contributed by atoms with Crippen molar-refractivity contribution in [2.45, 2.75) is 19.4 Å². The second-order valence-electron chi connectivity index (χ2n) is 2.52. The molecule has 0 fully saturated rings. The molecule has 0 amide bonds. The van der Waals surface area contributed by atoms with E-state index in [4.69, 9.17) is 11.6 Å². The van der Waals surface area contributed by atoms with E-state index < -0.39 is 11.6 Å². The van der Waals surface area contributed by atoms with Gasteiger partial charge in [0.2, 0.25) is 5.60 Å². The zero-order valence-electron chi connectivity index (χ0n) is 6.93. The minimum Gasteiger partial charge on any atom is -0.461 e. The number of alkyl halides is 1. The SMILES string of the molecule is CC(C)(O[C]=O)C(=O)OCCCl. The average Bonchev–Trinajstić information content (AvgIpc) is 2.00. The van der Waals surface area contributed by atoms with Gasteiger partial charge in [0, 0.05) is 0 Å². The summed E-state index contributed by atoms with van der Waals surface area (Å²) < 4.78 is 9.00. The van der Waals surface area contributed by atoms with Crippen LogP contribution in [0.4, 0.5) is 0 Å². The average molecular weight is 194 g/mol. The van der Waals surface area contributed by atoms with E-state index in [0.29, 0.717) is 0 Å². The van der Waals surface area contributed by atoms with Gasteiger partial charge in [-0.25, -0.2) is 9.59 Å². The number of carbonyl (C=O) groups is 1. The Bertz CT molecular complexity index is 167. The van der Waals surface area contributed by atoms with Crippen LogP contribution in [0.2, 0.25) is 0 Å². The zero-order valence-corrected chi connectivity index (χ0v) is 7.68. The number of hydrogen-bond donors (Lipinski definition) is 0. The summed E-state index contributed by atoms with van der Waals surface area (Å²) in [6, 6.07) is 0. The highest BCUT2D eigenvalue weighted by Crippen LogP contribution is 2.09. The lowest BCUT2D eigenvalue weighted by molar-refractivity contribution is -0.159. The molecule has 0 aromatic rings. The highest BCUT2D eigenvalue weighted by atomic mass is 35.5. The van der Waals surface area contributed by atoms with Crippen molar-refractivity contribution in [3.63, 3.8) is 0 Å². The first-order valence-electron chi connectivity index (χ1n) is 3.33. The van der Waals surface area contributed by atoms with Gasteiger partial charge in [0.1, 0.15) is 6.61 Å². The van der Waals surface area contributed by atoms with E-state index in [-0.39, 0.29) is 12.5 Å². The van der Waals surface area contributed by atoms with Crippen LogP contribution in [0.15, 0.2) is 0 Å². The van der Waals surface area contributed by atoms with E-state index >= 15 is 0 Å². The minimum absolute atomic E-state index is 0.103. The quantitative estimate of drug-likeness (QED) is 0.475. The lowest BCUT2D eigenvalue weighted by Gasteiger charge is -2.19. The fourth-order valence-corrected chi connectivity index (χ4v) is 0.528. The Labute approximate surface area is 75.8 Å². The molecule has 0 spiro atoms. The molecule has 0 saturated heterocycles. The summed E-state index contributed by atoms with van der Waals surface area (Å²) in [5.74, 6) is -0.418. The van der Waals surface area contributed by atoms with Crippen molar-refractivity contribution in [3.8, 4) is 0 Å². The third-order valence-corrected chi connectivity index (χ3v) is 1.25. The second-order valence-corrected chi connectivity index (χ2v) is 2.90. The number of carbonyl (C=O) groups excluding carboxylic acids is 2. The van der Waals surface area contributed by atoms with Crippen LogP contribution in [0.3, 0.4) is 0 Å². The van der Waals surface area contributed by atoms with Gasteiger partial charge in [-0.2, -0.15) is 0 Å². The van der Waals surface area contributed by atoms with Crippen LogP contribution in [-0.4, -0.2) is 30.5 Å². The van der Waals surface area contributed by atoms with Crippen LogP contribution in [-0.2, 0) is 19.1 Å². The van der Waals surface area contributed by atoms with Crippen molar-refractivity contribution in [1.29, 1.82) is 0 Å². The maximum Gasteiger partial charge on any atom is 0.418 e. The molecule has 4 nitrogen and oxygen atoms in total. The first kappa shape index (κ1) is 11.2. The van der Waals surface area contributed by atoms with E-state index in [0.717, 1.165) is 0 Å². The fraction of sp³-hybridized carbons (Fsp3) is 0.714. The van der Waals surface area contributed by atoms with Crippen molar-refractivity contribution in [2.75, 3.05) is 12.5 Å². The number of ether oxygens (including phenoxy) is 2. The summed E-state index contributed by atoms with van der Waals surface area (Å²) >= 11 is 5.28. The molecule has 0 aromatic heterocycles. The molecular formula is C7H10ClO4. The van der Waals surface area contributed by atoms with Crippen molar-refractivity contribution in [2.24, 2.45) is 0 Å². The van der Waals surface area contributed by atoms with Crippen LogP contribution in [0.1, 0.15) is 13.8 Å². The van der Waals surface area contributed by atoms with Crippen LogP contribution >= 0.6 is 11.6 Å². The molecule has 1 radical (unpaired) electrons. The van der Waals surface area contributed by atoms with Crippen molar-refractivity contribution >= 4 is 24.0 Å². The number of hydrogen-bond acceptors (Lipinski definition) is 4. The molecule has 0 atom stereocenters. The van der Waals surface area contributed by atoms with Gasteiger partial charge in [-0.3, -0.25) is 0 Å². The fourth-order valence-electron chi connectivity index (χ4n) is 0.451. The highest BCUT2D eigenvalue weighted by Gasteiger charge is 2.31. The van der Waals surface area contributed by atoms with Crippen LogP contribution in [0.5, 0.6) is 0 Å². The van der Waals surface area contributed by atoms with E-state index in [1.165, 1.54) is 20.3 Å². The summed E-state index contributed by atoms with van der Waals surface area (Å²) in [6.45, 7) is 4.11. The summed E-state index contributed by atoms with van der Waals surface area (Å²) in [5.41, 5.74) is -1.28. The molecule has 0 N–H and O–H groups in total. The van der Waals surface area contributed by atoms with Gasteiger partial charge < -0.3 is 9.47 Å². The van der Waals surface area contributed by atoms with Gasteiger partial charge in [-0.1, -0.05) is 0 Å². The summed E-state index contributed by atoms with van der Waals surface area (Å²) in [4.78, 5) is 20.8. The van der Waals surface area contributed by atoms with Crippen molar-refractivity contribution in [1.82, 2.24) is 0 Å². The molecule has 0 aromatic carbocycles. The molecule has 0 bridgehead atoms. The Morgan fingerprint density at radius 2 is 2.17 bits per heavy atom. The second kappa shape index (κ2) is 4.98. The Morgan fingerprint density at radius 1 is 1.58 bits per heavy atom. The molecule has 0 aliphatic rings. The maximum atomic E-state index is 11.0. The Kier molecular flexibility index (Phi) is 4.66. The minimum atomic E-state index is -1.28. The zero-order chi connectivity index (χ0) is 9.61. The molecule has 5 heteroatoms. The third kappa shape index (κ3) is 3.57. The molecule has 0 heterocycles. The predicted octanol–water partition coefficient (Wildman–Crippen LogP) is 0.631. The standard InChI is InChI=1S/C7H10ClO4/c1-7(2,12-5-9)6(10)11-4-3-8/h3-4H2,1-2H3.